The van der Waals surface area contributed by atoms with E-state index < -0.39 is 0 Å². The molecule has 118 valence electrons. The van der Waals surface area contributed by atoms with Gasteiger partial charge in [0, 0.05) is 36.7 Å². The van der Waals surface area contributed by atoms with E-state index in [2.05, 4.69) is 35.0 Å². The van der Waals surface area contributed by atoms with Gasteiger partial charge in [-0.05, 0) is 44.0 Å². The Labute approximate surface area is 136 Å². The van der Waals surface area contributed by atoms with Gasteiger partial charge in [0.05, 0.1) is 11.4 Å². The van der Waals surface area contributed by atoms with Crippen LogP contribution in [0, 0.1) is 0 Å². The second-order valence-corrected chi connectivity index (χ2v) is 6.68. The molecule has 0 amide bonds. The van der Waals surface area contributed by atoms with Gasteiger partial charge >= 0.3 is 0 Å². The predicted molar refractivity (Wildman–Crippen MR) is 91.1 cm³/mol. The number of fused-ring (bicyclic) bond motifs is 2. The lowest BCUT2D eigenvalue weighted by Crippen LogP contribution is -2.36. The summed E-state index contributed by atoms with van der Waals surface area (Å²) in [6, 6.07) is 9.97. The standard InChI is InChI=1S/C19H21N3O/c1-12(2)22-8-7-13-9-17-15(16(13)11-22)10-18(21-20-17)14-5-3-4-6-19(14)23/h3-6,10,12,23H,7-9,11H2,1-2H3. The Morgan fingerprint density at radius 2 is 1.96 bits per heavy atom. The van der Waals surface area contributed by atoms with Crippen molar-refractivity contribution < 1.29 is 5.11 Å². The number of hydrogen-bond donors (Lipinski definition) is 1. The van der Waals surface area contributed by atoms with Crippen molar-refractivity contribution in [3.8, 4) is 17.0 Å². The lowest BCUT2D eigenvalue weighted by atomic mass is 9.98. The van der Waals surface area contributed by atoms with Gasteiger partial charge in [-0.15, -0.1) is 0 Å². The van der Waals surface area contributed by atoms with Crippen molar-refractivity contribution in [3.63, 3.8) is 0 Å². The van der Waals surface area contributed by atoms with Crippen LogP contribution in [-0.4, -0.2) is 39.3 Å². The molecular weight excluding hydrogens is 286 g/mol. The van der Waals surface area contributed by atoms with E-state index in [4.69, 9.17) is 0 Å². The summed E-state index contributed by atoms with van der Waals surface area (Å²) in [7, 11) is 0. The molecule has 1 N–H and O–H groups in total. The van der Waals surface area contributed by atoms with Crippen molar-refractivity contribution in [1.82, 2.24) is 15.1 Å². The summed E-state index contributed by atoms with van der Waals surface area (Å²) in [5.41, 5.74) is 6.73. The quantitative estimate of drug-likeness (QED) is 0.925. The highest BCUT2D eigenvalue weighted by molar-refractivity contribution is 5.80. The fourth-order valence-corrected chi connectivity index (χ4v) is 3.57. The van der Waals surface area contributed by atoms with Crippen molar-refractivity contribution in [3.05, 3.63) is 47.2 Å². The first kappa shape index (κ1) is 14.4. The average molecular weight is 307 g/mol. The maximum atomic E-state index is 10.1. The minimum atomic E-state index is 0.251. The molecule has 1 aromatic heterocycles. The Bertz CT molecular complexity index is 795. The van der Waals surface area contributed by atoms with E-state index in [-0.39, 0.29) is 5.75 Å². The lowest BCUT2D eigenvalue weighted by Gasteiger charge is -2.31. The molecule has 1 aromatic carbocycles. The van der Waals surface area contributed by atoms with Crippen molar-refractivity contribution in [2.24, 2.45) is 0 Å². The number of nitrogens with zero attached hydrogens (tertiary/aromatic N) is 3. The van der Waals surface area contributed by atoms with Crippen LogP contribution >= 0.6 is 0 Å². The molecule has 0 atom stereocenters. The van der Waals surface area contributed by atoms with Gasteiger partial charge in [0.1, 0.15) is 5.75 Å². The van der Waals surface area contributed by atoms with Crippen LogP contribution < -0.4 is 0 Å². The molecule has 0 radical (unpaired) electrons. The van der Waals surface area contributed by atoms with E-state index in [1.165, 1.54) is 16.7 Å². The molecule has 0 spiro atoms. The fraction of sp³-hybridized carbons (Fsp3) is 0.368. The topological polar surface area (TPSA) is 49.2 Å². The highest BCUT2D eigenvalue weighted by Gasteiger charge is 2.29. The average Bonchev–Trinajstić information content (AvgIpc) is 2.92. The van der Waals surface area contributed by atoms with Gasteiger partial charge < -0.3 is 5.11 Å². The van der Waals surface area contributed by atoms with Gasteiger partial charge in [-0.25, -0.2) is 0 Å². The molecule has 0 bridgehead atoms. The van der Waals surface area contributed by atoms with Crippen LogP contribution in [0.25, 0.3) is 16.8 Å². The zero-order chi connectivity index (χ0) is 16.0. The molecule has 0 saturated heterocycles. The van der Waals surface area contributed by atoms with E-state index in [0.29, 0.717) is 6.04 Å². The normalized spacial score (nSPS) is 17.5. The zero-order valence-corrected chi connectivity index (χ0v) is 13.6. The second kappa shape index (κ2) is 5.46. The van der Waals surface area contributed by atoms with Crippen LogP contribution in [-0.2, 0) is 6.42 Å². The van der Waals surface area contributed by atoms with E-state index >= 15 is 0 Å². The molecule has 1 aliphatic carbocycles. The van der Waals surface area contributed by atoms with Gasteiger partial charge in [0.15, 0.2) is 0 Å². The number of phenols is 1. The third-order valence-corrected chi connectivity index (χ3v) is 4.98. The number of phenolic OH excluding ortho intramolecular Hbond substituents is 1. The van der Waals surface area contributed by atoms with E-state index in [0.717, 1.165) is 42.9 Å². The van der Waals surface area contributed by atoms with Crippen LogP contribution in [0.15, 0.2) is 35.9 Å². The summed E-state index contributed by atoms with van der Waals surface area (Å²) in [4.78, 5) is 2.51. The zero-order valence-electron chi connectivity index (χ0n) is 13.6. The molecule has 2 heterocycles. The minimum absolute atomic E-state index is 0.251. The van der Waals surface area contributed by atoms with Gasteiger partial charge in [-0.3, -0.25) is 4.90 Å². The van der Waals surface area contributed by atoms with Crippen LogP contribution in [0.5, 0.6) is 5.75 Å². The first-order valence-electron chi connectivity index (χ1n) is 8.24. The van der Waals surface area contributed by atoms with Crippen LogP contribution in [0.2, 0.25) is 0 Å². The Balaban J connectivity index is 1.74. The van der Waals surface area contributed by atoms with Crippen LogP contribution in [0.4, 0.5) is 0 Å². The molecule has 4 nitrogen and oxygen atoms in total. The number of aromatic hydroxyl groups is 1. The Morgan fingerprint density at radius 1 is 1.13 bits per heavy atom. The molecular formula is C19H21N3O. The van der Waals surface area contributed by atoms with Crippen LogP contribution in [0.3, 0.4) is 0 Å². The SMILES string of the molecule is CC(C)N1CCC2=C(C1)c1cc(-c3ccccc3O)nnc1C2. The molecule has 0 saturated carbocycles. The van der Waals surface area contributed by atoms with Crippen molar-refractivity contribution in [1.29, 1.82) is 0 Å². The molecule has 4 rings (SSSR count). The molecule has 2 aliphatic rings. The number of hydrogen-bond acceptors (Lipinski definition) is 4. The Kier molecular flexibility index (Phi) is 3.42. The first-order chi connectivity index (χ1) is 11.1. The summed E-state index contributed by atoms with van der Waals surface area (Å²) in [5, 5.41) is 18.9. The van der Waals surface area contributed by atoms with E-state index in [1.54, 1.807) is 6.07 Å². The molecule has 1 aliphatic heterocycles. The van der Waals surface area contributed by atoms with Crippen molar-refractivity contribution in [2.75, 3.05) is 13.1 Å². The molecule has 2 aromatic rings. The van der Waals surface area contributed by atoms with Gasteiger partial charge in [-0.1, -0.05) is 17.7 Å². The number of rotatable bonds is 2. The minimum Gasteiger partial charge on any atom is -0.507 e. The van der Waals surface area contributed by atoms with Gasteiger partial charge in [0.2, 0.25) is 0 Å². The Morgan fingerprint density at radius 3 is 2.74 bits per heavy atom. The van der Waals surface area contributed by atoms with Crippen molar-refractivity contribution in [2.45, 2.75) is 32.7 Å². The van der Waals surface area contributed by atoms with E-state index in [1.807, 2.05) is 18.2 Å². The van der Waals surface area contributed by atoms with Gasteiger partial charge in [-0.2, -0.15) is 10.2 Å². The smallest absolute Gasteiger partial charge is 0.125 e. The largest absolute Gasteiger partial charge is 0.507 e. The maximum Gasteiger partial charge on any atom is 0.125 e. The molecule has 4 heteroatoms. The highest BCUT2D eigenvalue weighted by atomic mass is 16.3. The predicted octanol–water partition coefficient (Wildman–Crippen LogP) is 3.27. The molecule has 23 heavy (non-hydrogen) atoms. The summed E-state index contributed by atoms with van der Waals surface area (Å²) >= 11 is 0. The molecule has 0 unspecified atom stereocenters. The third-order valence-electron chi connectivity index (χ3n) is 4.98. The summed E-state index contributed by atoms with van der Waals surface area (Å²) in [6.45, 7) is 6.62. The monoisotopic (exact) mass is 307 g/mol. The maximum absolute atomic E-state index is 10.1. The first-order valence-corrected chi connectivity index (χ1v) is 8.24. The highest BCUT2D eigenvalue weighted by Crippen LogP contribution is 2.39. The Hall–Kier alpha value is -2.20. The second-order valence-electron chi connectivity index (χ2n) is 6.68. The van der Waals surface area contributed by atoms with E-state index in [9.17, 15) is 5.11 Å². The molecule has 0 fully saturated rings. The lowest BCUT2D eigenvalue weighted by molar-refractivity contribution is 0.244. The van der Waals surface area contributed by atoms with Crippen molar-refractivity contribution >= 4 is 5.57 Å². The van der Waals surface area contributed by atoms with Gasteiger partial charge in [0.25, 0.3) is 0 Å². The number of benzene rings is 1. The third kappa shape index (κ3) is 2.43. The summed E-state index contributed by atoms with van der Waals surface area (Å²) in [5.74, 6) is 0.251. The van der Waals surface area contributed by atoms with Crippen LogP contribution in [0.1, 0.15) is 31.5 Å². The fourth-order valence-electron chi connectivity index (χ4n) is 3.57. The summed E-state index contributed by atoms with van der Waals surface area (Å²) < 4.78 is 0. The number of para-hydroxylation sites is 1. The summed E-state index contributed by atoms with van der Waals surface area (Å²) in [6.07, 6.45) is 2.06. The number of aromatic nitrogens is 2.